The van der Waals surface area contributed by atoms with E-state index in [1.807, 2.05) is 6.07 Å². The average Bonchev–Trinajstić information content (AvgIpc) is 2.37. The fraction of sp³-hybridized carbons (Fsp3) is 0.143. The number of nitrogens with two attached hydrogens (primary N) is 1. The van der Waals surface area contributed by atoms with E-state index in [0.717, 1.165) is 14.7 Å². The average molecular weight is 392 g/mol. The molecule has 0 fully saturated rings. The van der Waals surface area contributed by atoms with Crippen molar-refractivity contribution in [2.45, 2.75) is 6.04 Å². The Morgan fingerprint density at radius 2 is 1.89 bits per heavy atom. The highest BCUT2D eigenvalue weighted by molar-refractivity contribution is 14.1. The lowest BCUT2D eigenvalue weighted by Gasteiger charge is -2.16. The Balaban J connectivity index is 2.41. The third kappa shape index (κ3) is 3.19. The van der Waals surface area contributed by atoms with Gasteiger partial charge in [0.1, 0.15) is 11.6 Å². The van der Waals surface area contributed by atoms with Crippen LogP contribution in [-0.4, -0.2) is 7.11 Å². The fourth-order valence-corrected chi connectivity index (χ4v) is 2.91. The van der Waals surface area contributed by atoms with Gasteiger partial charge in [-0.25, -0.2) is 4.39 Å². The number of hydrogen-bond acceptors (Lipinski definition) is 2. The lowest BCUT2D eigenvalue weighted by Crippen LogP contribution is -2.14. The third-order valence-corrected chi connectivity index (χ3v) is 4.10. The first-order valence-electron chi connectivity index (χ1n) is 5.57. The molecule has 0 aromatic heterocycles. The van der Waals surface area contributed by atoms with Crippen molar-refractivity contribution >= 4 is 34.2 Å². The van der Waals surface area contributed by atoms with Gasteiger partial charge in [0.25, 0.3) is 0 Å². The fourth-order valence-electron chi connectivity index (χ4n) is 1.81. The minimum Gasteiger partial charge on any atom is -0.497 e. The highest BCUT2D eigenvalue weighted by atomic mass is 127. The summed E-state index contributed by atoms with van der Waals surface area (Å²) in [5, 5.41) is 0.534. The summed E-state index contributed by atoms with van der Waals surface area (Å²) in [6, 6.07) is 9.48. The number of rotatable bonds is 3. The highest BCUT2D eigenvalue weighted by Gasteiger charge is 2.16. The van der Waals surface area contributed by atoms with Gasteiger partial charge < -0.3 is 10.5 Å². The van der Waals surface area contributed by atoms with E-state index >= 15 is 0 Å². The SMILES string of the molecule is COc1ccc(C(N)c2ccc(F)cc2I)c(Cl)c1. The van der Waals surface area contributed by atoms with Gasteiger partial charge in [-0.15, -0.1) is 0 Å². The molecule has 2 rings (SSSR count). The van der Waals surface area contributed by atoms with Gasteiger partial charge in [0.05, 0.1) is 13.2 Å². The van der Waals surface area contributed by atoms with E-state index in [-0.39, 0.29) is 5.82 Å². The van der Waals surface area contributed by atoms with E-state index in [1.54, 1.807) is 25.3 Å². The van der Waals surface area contributed by atoms with Crippen LogP contribution in [-0.2, 0) is 0 Å². The molecule has 2 N–H and O–H groups in total. The van der Waals surface area contributed by atoms with Crippen molar-refractivity contribution in [2.75, 3.05) is 7.11 Å². The van der Waals surface area contributed by atoms with Gasteiger partial charge >= 0.3 is 0 Å². The normalized spacial score (nSPS) is 12.3. The maximum atomic E-state index is 13.1. The molecule has 5 heteroatoms. The summed E-state index contributed by atoms with van der Waals surface area (Å²) < 4.78 is 19.0. The van der Waals surface area contributed by atoms with E-state index in [9.17, 15) is 4.39 Å². The predicted octanol–water partition coefficient (Wildman–Crippen LogP) is 4.14. The Hall–Kier alpha value is -0.850. The maximum absolute atomic E-state index is 13.1. The summed E-state index contributed by atoms with van der Waals surface area (Å²) in [6.07, 6.45) is 0. The predicted molar refractivity (Wildman–Crippen MR) is 83.2 cm³/mol. The summed E-state index contributed by atoms with van der Waals surface area (Å²) in [6.45, 7) is 0. The molecule has 1 atom stereocenters. The topological polar surface area (TPSA) is 35.2 Å². The van der Waals surface area contributed by atoms with Crippen LogP contribution in [0.25, 0.3) is 0 Å². The van der Waals surface area contributed by atoms with Crippen LogP contribution in [0.5, 0.6) is 5.75 Å². The molecule has 0 bridgehead atoms. The van der Waals surface area contributed by atoms with Gasteiger partial charge in [-0.3, -0.25) is 0 Å². The Morgan fingerprint density at radius 3 is 2.47 bits per heavy atom. The Morgan fingerprint density at radius 1 is 1.21 bits per heavy atom. The zero-order valence-electron chi connectivity index (χ0n) is 10.2. The molecule has 0 aliphatic heterocycles. The molecular formula is C14H12ClFINO. The van der Waals surface area contributed by atoms with Crippen LogP contribution in [0.15, 0.2) is 36.4 Å². The van der Waals surface area contributed by atoms with E-state index in [0.29, 0.717) is 10.8 Å². The minimum absolute atomic E-state index is 0.277. The molecule has 0 amide bonds. The summed E-state index contributed by atoms with van der Waals surface area (Å²) in [5.41, 5.74) is 7.83. The van der Waals surface area contributed by atoms with E-state index in [4.69, 9.17) is 22.1 Å². The largest absolute Gasteiger partial charge is 0.497 e. The first-order valence-corrected chi connectivity index (χ1v) is 7.02. The van der Waals surface area contributed by atoms with Gasteiger partial charge in [-0.2, -0.15) is 0 Å². The van der Waals surface area contributed by atoms with Crippen molar-refractivity contribution in [3.63, 3.8) is 0 Å². The van der Waals surface area contributed by atoms with Crippen LogP contribution in [0.3, 0.4) is 0 Å². The van der Waals surface area contributed by atoms with Crippen molar-refractivity contribution in [2.24, 2.45) is 5.73 Å². The van der Waals surface area contributed by atoms with Gasteiger partial charge in [0.2, 0.25) is 0 Å². The van der Waals surface area contributed by atoms with Crippen molar-refractivity contribution in [1.82, 2.24) is 0 Å². The standard InChI is InChI=1S/C14H12ClFINO/c1-19-9-3-5-10(12(15)7-9)14(18)11-4-2-8(16)6-13(11)17/h2-7,14H,18H2,1H3. The lowest BCUT2D eigenvalue weighted by molar-refractivity contribution is 0.414. The summed E-state index contributed by atoms with van der Waals surface area (Å²) in [4.78, 5) is 0. The van der Waals surface area contributed by atoms with Crippen LogP contribution in [0.2, 0.25) is 5.02 Å². The molecule has 0 spiro atoms. The molecule has 0 saturated carbocycles. The van der Waals surface area contributed by atoms with Crippen molar-refractivity contribution in [3.8, 4) is 5.75 Å². The van der Waals surface area contributed by atoms with Crippen LogP contribution < -0.4 is 10.5 Å². The van der Waals surface area contributed by atoms with Crippen molar-refractivity contribution in [1.29, 1.82) is 0 Å². The van der Waals surface area contributed by atoms with Crippen LogP contribution in [0.1, 0.15) is 17.2 Å². The monoisotopic (exact) mass is 391 g/mol. The van der Waals surface area contributed by atoms with Gasteiger partial charge in [-0.05, 0) is 58.0 Å². The zero-order chi connectivity index (χ0) is 14.0. The Bertz CT molecular complexity index is 606. The first kappa shape index (κ1) is 14.6. The molecular weight excluding hydrogens is 380 g/mol. The molecule has 2 nitrogen and oxygen atoms in total. The van der Waals surface area contributed by atoms with E-state index < -0.39 is 6.04 Å². The Labute approximate surface area is 129 Å². The van der Waals surface area contributed by atoms with Crippen molar-refractivity contribution < 1.29 is 9.13 Å². The summed E-state index contributed by atoms with van der Waals surface area (Å²) in [7, 11) is 1.58. The van der Waals surface area contributed by atoms with E-state index in [1.165, 1.54) is 12.1 Å². The molecule has 0 aliphatic rings. The van der Waals surface area contributed by atoms with Gasteiger partial charge in [0.15, 0.2) is 0 Å². The quantitative estimate of drug-likeness (QED) is 0.798. The second-order valence-electron chi connectivity index (χ2n) is 4.03. The molecule has 0 saturated heterocycles. The molecule has 100 valence electrons. The summed E-state index contributed by atoms with van der Waals surface area (Å²) >= 11 is 8.27. The Kier molecular flexibility index (Phi) is 4.65. The highest BCUT2D eigenvalue weighted by Crippen LogP contribution is 2.31. The number of ether oxygens (including phenoxy) is 1. The second kappa shape index (κ2) is 6.07. The second-order valence-corrected chi connectivity index (χ2v) is 5.60. The molecule has 0 heterocycles. The molecule has 2 aromatic carbocycles. The van der Waals surface area contributed by atoms with E-state index in [2.05, 4.69) is 22.6 Å². The number of halogens is 3. The smallest absolute Gasteiger partial charge is 0.124 e. The number of methoxy groups -OCH3 is 1. The van der Waals surface area contributed by atoms with Crippen molar-refractivity contribution in [3.05, 3.63) is 61.9 Å². The van der Waals surface area contributed by atoms with Gasteiger partial charge in [-0.1, -0.05) is 23.7 Å². The number of benzene rings is 2. The number of hydrogen-bond donors (Lipinski definition) is 1. The van der Waals surface area contributed by atoms with Crippen LogP contribution >= 0.6 is 34.2 Å². The molecule has 19 heavy (non-hydrogen) atoms. The maximum Gasteiger partial charge on any atom is 0.124 e. The third-order valence-electron chi connectivity index (χ3n) is 2.84. The van der Waals surface area contributed by atoms with Gasteiger partial charge in [0, 0.05) is 8.59 Å². The molecule has 1 unspecified atom stereocenters. The lowest BCUT2D eigenvalue weighted by atomic mass is 9.99. The summed E-state index contributed by atoms with van der Waals surface area (Å²) in [5.74, 6) is 0.399. The van der Waals surface area contributed by atoms with Crippen LogP contribution in [0, 0.1) is 9.39 Å². The minimum atomic E-state index is -0.397. The molecule has 2 aromatic rings. The van der Waals surface area contributed by atoms with Crippen LogP contribution in [0.4, 0.5) is 4.39 Å². The zero-order valence-corrected chi connectivity index (χ0v) is 13.1. The molecule has 0 radical (unpaired) electrons. The molecule has 0 aliphatic carbocycles. The first-order chi connectivity index (χ1) is 9.02.